The van der Waals surface area contributed by atoms with Crippen molar-refractivity contribution in [2.75, 3.05) is 0 Å². The third-order valence-corrected chi connectivity index (χ3v) is 8.51. The fraction of sp³-hybridized carbons (Fsp3) is 0.783. The predicted molar refractivity (Wildman–Crippen MR) is 101 cm³/mol. The molecule has 0 saturated heterocycles. The first-order chi connectivity index (χ1) is 11.9. The zero-order chi connectivity index (χ0) is 17.8. The van der Waals surface area contributed by atoms with Gasteiger partial charge in [-0.25, -0.2) is 0 Å². The molecule has 25 heavy (non-hydrogen) atoms. The van der Waals surface area contributed by atoms with E-state index < -0.39 is 0 Å². The second-order valence-electron chi connectivity index (χ2n) is 9.54. The van der Waals surface area contributed by atoms with Gasteiger partial charge in [-0.1, -0.05) is 37.1 Å². The van der Waals surface area contributed by atoms with Crippen LogP contribution in [-0.4, -0.2) is 12.1 Å². The molecule has 0 heterocycles. The van der Waals surface area contributed by atoms with Gasteiger partial charge in [0.1, 0.15) is 6.10 Å². The molecule has 0 radical (unpaired) electrons. The van der Waals surface area contributed by atoms with E-state index in [1.807, 2.05) is 0 Å². The Kier molecular flexibility index (Phi) is 4.16. The zero-order valence-electron chi connectivity index (χ0n) is 16.4. The van der Waals surface area contributed by atoms with Crippen molar-refractivity contribution >= 4 is 5.97 Å². The van der Waals surface area contributed by atoms with Gasteiger partial charge in [0.25, 0.3) is 0 Å². The smallest absolute Gasteiger partial charge is 0.302 e. The second kappa shape index (κ2) is 5.99. The van der Waals surface area contributed by atoms with Gasteiger partial charge in [0, 0.05) is 6.92 Å². The molecule has 4 aliphatic rings. The van der Waals surface area contributed by atoms with Crippen molar-refractivity contribution in [3.63, 3.8) is 0 Å². The molecule has 3 saturated carbocycles. The number of carbonyl (C=O) groups excluding carboxylic acids is 1. The van der Waals surface area contributed by atoms with Crippen LogP contribution in [0.1, 0.15) is 79.1 Å². The van der Waals surface area contributed by atoms with Gasteiger partial charge in [0.2, 0.25) is 0 Å². The maximum absolute atomic E-state index is 11.4. The minimum absolute atomic E-state index is 0.111. The fourth-order valence-corrected chi connectivity index (χ4v) is 7.16. The number of allylic oxidation sites excluding steroid dienone is 4. The largest absolute Gasteiger partial charge is 0.463 e. The predicted octanol–water partition coefficient (Wildman–Crippen LogP) is 5.83. The first kappa shape index (κ1) is 17.4. The first-order valence-electron chi connectivity index (χ1n) is 10.4. The summed E-state index contributed by atoms with van der Waals surface area (Å²) < 4.78 is 5.57. The molecule has 0 unspecified atom stereocenters. The fourth-order valence-electron chi connectivity index (χ4n) is 7.16. The Morgan fingerprint density at radius 1 is 1.20 bits per heavy atom. The normalized spacial score (nSPS) is 47.5. The minimum atomic E-state index is -0.111. The van der Waals surface area contributed by atoms with Crippen LogP contribution in [0.25, 0.3) is 0 Å². The Hall–Kier alpha value is -1.05. The highest BCUT2D eigenvalue weighted by molar-refractivity contribution is 5.66. The molecular weight excluding hydrogens is 308 g/mol. The van der Waals surface area contributed by atoms with Gasteiger partial charge in [-0.2, -0.15) is 0 Å². The summed E-state index contributed by atoms with van der Waals surface area (Å²) in [5.74, 6) is 2.23. The SMILES string of the molecule is CC=C1CC[C@H]2[C@@H]3CC[C@@H]4C[C@H](OC(C)=O)CC[C@]4(C)C3=CC[C@]12C. The molecule has 0 spiro atoms. The van der Waals surface area contributed by atoms with Gasteiger partial charge in [0.15, 0.2) is 0 Å². The number of hydrogen-bond acceptors (Lipinski definition) is 2. The van der Waals surface area contributed by atoms with Crippen molar-refractivity contribution in [2.45, 2.75) is 85.2 Å². The number of rotatable bonds is 1. The van der Waals surface area contributed by atoms with Gasteiger partial charge >= 0.3 is 5.97 Å². The Labute approximate surface area is 153 Å². The number of carbonyl (C=O) groups is 1. The average Bonchev–Trinajstić information content (AvgIpc) is 2.91. The molecular formula is C23H34O2. The van der Waals surface area contributed by atoms with Gasteiger partial charge < -0.3 is 4.74 Å². The molecule has 0 aromatic carbocycles. The van der Waals surface area contributed by atoms with Crippen LogP contribution in [0.5, 0.6) is 0 Å². The van der Waals surface area contributed by atoms with E-state index in [-0.39, 0.29) is 12.1 Å². The number of esters is 1. The molecule has 2 heteroatoms. The molecule has 3 fully saturated rings. The molecule has 2 nitrogen and oxygen atoms in total. The summed E-state index contributed by atoms with van der Waals surface area (Å²) in [5.41, 5.74) is 4.25. The van der Waals surface area contributed by atoms with E-state index in [2.05, 4.69) is 32.9 Å². The number of ether oxygens (including phenoxy) is 1. The lowest BCUT2D eigenvalue weighted by Crippen LogP contribution is -2.48. The van der Waals surface area contributed by atoms with Gasteiger partial charge in [-0.15, -0.1) is 0 Å². The van der Waals surface area contributed by atoms with Gasteiger partial charge in [-0.3, -0.25) is 4.79 Å². The summed E-state index contributed by atoms with van der Waals surface area (Å²) in [4.78, 5) is 11.4. The van der Waals surface area contributed by atoms with E-state index in [0.29, 0.717) is 16.7 Å². The lowest BCUT2D eigenvalue weighted by Gasteiger charge is -2.56. The molecule has 0 aromatic heterocycles. The van der Waals surface area contributed by atoms with E-state index >= 15 is 0 Å². The van der Waals surface area contributed by atoms with Crippen LogP contribution in [0.4, 0.5) is 0 Å². The molecule has 0 bridgehead atoms. The van der Waals surface area contributed by atoms with E-state index in [0.717, 1.165) is 24.7 Å². The van der Waals surface area contributed by atoms with E-state index in [1.54, 1.807) is 18.1 Å². The topological polar surface area (TPSA) is 26.3 Å². The third-order valence-electron chi connectivity index (χ3n) is 8.51. The van der Waals surface area contributed by atoms with E-state index in [1.165, 1.54) is 38.5 Å². The quantitative estimate of drug-likeness (QED) is 0.443. The Morgan fingerprint density at radius 3 is 2.72 bits per heavy atom. The minimum Gasteiger partial charge on any atom is -0.463 e. The van der Waals surface area contributed by atoms with Crippen LogP contribution in [0, 0.1) is 28.6 Å². The Morgan fingerprint density at radius 2 is 2.00 bits per heavy atom. The van der Waals surface area contributed by atoms with Gasteiger partial charge in [0.05, 0.1) is 0 Å². The maximum atomic E-state index is 11.4. The van der Waals surface area contributed by atoms with Crippen molar-refractivity contribution < 1.29 is 9.53 Å². The lowest BCUT2D eigenvalue weighted by molar-refractivity contribution is -0.151. The summed E-state index contributed by atoms with van der Waals surface area (Å²) in [6.45, 7) is 8.83. The van der Waals surface area contributed by atoms with Crippen LogP contribution < -0.4 is 0 Å². The van der Waals surface area contributed by atoms with Gasteiger partial charge in [-0.05, 0) is 86.9 Å². The summed E-state index contributed by atoms with van der Waals surface area (Å²) in [6.07, 6.45) is 15.1. The van der Waals surface area contributed by atoms with Crippen LogP contribution in [0.15, 0.2) is 23.3 Å². The Bertz CT molecular complexity index is 630. The van der Waals surface area contributed by atoms with Crippen molar-refractivity contribution in [1.29, 1.82) is 0 Å². The molecule has 4 rings (SSSR count). The highest BCUT2D eigenvalue weighted by Gasteiger charge is 2.55. The maximum Gasteiger partial charge on any atom is 0.302 e. The van der Waals surface area contributed by atoms with E-state index in [4.69, 9.17) is 4.74 Å². The van der Waals surface area contributed by atoms with Crippen LogP contribution >= 0.6 is 0 Å². The summed E-state index contributed by atoms with van der Waals surface area (Å²) >= 11 is 0. The van der Waals surface area contributed by atoms with Crippen LogP contribution in [0.2, 0.25) is 0 Å². The molecule has 4 aliphatic carbocycles. The molecule has 0 amide bonds. The van der Waals surface area contributed by atoms with Crippen molar-refractivity contribution in [1.82, 2.24) is 0 Å². The lowest BCUT2D eigenvalue weighted by atomic mass is 9.49. The molecule has 0 N–H and O–H groups in total. The standard InChI is InChI=1S/C23H34O2/c1-5-16-7-9-20-19-8-6-17-14-18(25-15(2)24)10-12-23(17,4)21(19)11-13-22(16,20)3/h5,11,17-20H,6-10,12-14H2,1-4H3/t17-,18-,19+,20+,22-,23+/m1/s1. The monoisotopic (exact) mass is 342 g/mol. The van der Waals surface area contributed by atoms with Crippen LogP contribution in [0.3, 0.4) is 0 Å². The first-order valence-corrected chi connectivity index (χ1v) is 10.4. The summed E-state index contributed by atoms with van der Waals surface area (Å²) in [7, 11) is 0. The van der Waals surface area contributed by atoms with Crippen molar-refractivity contribution in [3.8, 4) is 0 Å². The number of fused-ring (bicyclic) bond motifs is 5. The molecule has 6 atom stereocenters. The van der Waals surface area contributed by atoms with Crippen LogP contribution in [-0.2, 0) is 9.53 Å². The van der Waals surface area contributed by atoms with Crippen molar-refractivity contribution in [3.05, 3.63) is 23.3 Å². The number of hydrogen-bond donors (Lipinski definition) is 0. The summed E-state index contributed by atoms with van der Waals surface area (Å²) in [5, 5.41) is 0. The third kappa shape index (κ3) is 2.54. The zero-order valence-corrected chi connectivity index (χ0v) is 16.4. The second-order valence-corrected chi connectivity index (χ2v) is 9.54. The molecule has 0 aliphatic heterocycles. The molecule has 138 valence electrons. The van der Waals surface area contributed by atoms with Crippen molar-refractivity contribution in [2.24, 2.45) is 28.6 Å². The highest BCUT2D eigenvalue weighted by atomic mass is 16.5. The molecule has 0 aromatic rings. The van der Waals surface area contributed by atoms with E-state index in [9.17, 15) is 4.79 Å². The Balaban J connectivity index is 1.60. The average molecular weight is 343 g/mol. The highest BCUT2D eigenvalue weighted by Crippen LogP contribution is 2.65. The summed E-state index contributed by atoms with van der Waals surface area (Å²) in [6, 6.07) is 0.